The lowest BCUT2D eigenvalue weighted by Crippen LogP contribution is -2.61. The first kappa shape index (κ1) is 57.4. The summed E-state index contributed by atoms with van der Waals surface area (Å²) in [5, 5.41) is 18.0. The van der Waals surface area contributed by atoms with Gasteiger partial charge in [-0.15, -0.1) is 0 Å². The number of carbonyl (C=O) groups excluding carboxylic acids is 11. The fraction of sp³-hybridized carbons (Fsp3) is 0.614. The Labute approximate surface area is 409 Å². The lowest BCUT2D eigenvalue weighted by Gasteiger charge is -2.31. The Kier molecular flexibility index (Phi) is 23.2. The van der Waals surface area contributed by atoms with Crippen LogP contribution < -0.4 is 60.2 Å². The van der Waals surface area contributed by atoms with Gasteiger partial charge in [0.1, 0.15) is 42.3 Å². The van der Waals surface area contributed by atoms with Crippen LogP contribution >= 0.6 is 21.6 Å². The van der Waals surface area contributed by atoms with Crippen LogP contribution in [0.2, 0.25) is 0 Å². The molecule has 0 saturated carbocycles. The monoisotopic (exact) mass is 1000 g/mol. The van der Waals surface area contributed by atoms with Crippen molar-refractivity contribution in [1.29, 1.82) is 0 Å². The van der Waals surface area contributed by atoms with E-state index in [0.717, 1.165) is 27.2 Å². The summed E-state index contributed by atoms with van der Waals surface area (Å²) in [7, 11) is 2.10. The molecule has 382 valence electrons. The predicted octanol–water partition coefficient (Wildman–Crippen LogP) is -3.01. The minimum absolute atomic E-state index is 0.00604. The summed E-state index contributed by atoms with van der Waals surface area (Å²) in [5.74, 6) is -10.00. The Morgan fingerprint density at radius 1 is 0.768 bits per heavy atom. The van der Waals surface area contributed by atoms with Gasteiger partial charge in [-0.05, 0) is 50.0 Å². The average Bonchev–Trinajstić information content (AvgIpc) is 3.78. The SMILES string of the molecule is CC[C@H](C)[C@@H]1NC(=O)[C@H](Cc2ccc(C)cc2)NC(=O)[C@@H](N)CSSC[C@@H](C(=O)N2CCC[C@H]2C(=O)N[C@@H](CC(C)C)C(=O)NCC(N)=O)NC(=O)[C@H](CC(N)=O)NC(=O)[C@H](CCC(N)=O)NC1=O. The Bertz CT molecular complexity index is 2050. The molecule has 2 aliphatic rings. The lowest BCUT2D eigenvalue weighted by molar-refractivity contribution is -0.142. The van der Waals surface area contributed by atoms with Gasteiger partial charge in [0.2, 0.25) is 65.0 Å². The first-order valence-corrected chi connectivity index (χ1v) is 25.3. The van der Waals surface area contributed by atoms with Gasteiger partial charge in [-0.1, -0.05) is 85.5 Å². The van der Waals surface area contributed by atoms with Crippen molar-refractivity contribution in [1.82, 2.24) is 42.1 Å². The highest BCUT2D eigenvalue weighted by Crippen LogP contribution is 2.26. The van der Waals surface area contributed by atoms with Crippen molar-refractivity contribution < 1.29 is 52.7 Å². The number of aryl methyl sites for hydroxylation is 1. The fourth-order valence-electron chi connectivity index (χ4n) is 7.44. The quantitative estimate of drug-likeness (QED) is 0.0694. The molecule has 1 aromatic carbocycles. The molecule has 2 saturated heterocycles. The van der Waals surface area contributed by atoms with Crippen molar-refractivity contribution in [2.45, 2.75) is 134 Å². The largest absolute Gasteiger partial charge is 0.370 e. The average molecular weight is 1010 g/mol. The van der Waals surface area contributed by atoms with E-state index in [-0.39, 0.29) is 49.7 Å². The minimum atomic E-state index is -1.74. The number of primary amides is 3. The standard InChI is InChI=1S/C44H68N12O11S2/c1-6-24(5)36-43(66)50-27(13-14-33(46)57)39(62)52-30(18-34(47)58)40(63)54-31(21-69-68-20-26(45)37(60)51-29(41(64)55-36)17-25-11-9-23(4)10-12-25)44(67)56-15-7-8-32(56)42(65)53-28(16-22(2)3)38(61)49-19-35(48)59/h9-12,22,24,26-32,36H,6-8,13-21,45H2,1-5H3,(H2,46,57)(H2,47,58)(H2,48,59)(H,49,61)(H,50,66)(H,51,60)(H,52,62)(H,53,65)(H,54,63)(H,55,64)/t24-,26-,27-,28-,29-,30-,31-,32-,36-/m0/s1. The highest BCUT2D eigenvalue weighted by Gasteiger charge is 2.41. The smallest absolute Gasteiger partial charge is 0.246 e. The third-order valence-corrected chi connectivity index (χ3v) is 13.9. The number of hydrogen-bond acceptors (Lipinski definition) is 14. The number of hydrogen-bond donors (Lipinski definition) is 11. The maximum Gasteiger partial charge on any atom is 0.246 e. The highest BCUT2D eigenvalue weighted by atomic mass is 33.1. The Hall–Kier alpha value is -5.95. The molecule has 2 fully saturated rings. The van der Waals surface area contributed by atoms with Crippen molar-refractivity contribution in [3.05, 3.63) is 35.4 Å². The number of carbonyl (C=O) groups is 11. The van der Waals surface area contributed by atoms with Crippen molar-refractivity contribution in [2.75, 3.05) is 24.6 Å². The number of amides is 11. The Morgan fingerprint density at radius 2 is 1.38 bits per heavy atom. The van der Waals surface area contributed by atoms with Gasteiger partial charge in [-0.25, -0.2) is 0 Å². The van der Waals surface area contributed by atoms with Crippen LogP contribution in [0.4, 0.5) is 0 Å². The summed E-state index contributed by atoms with van der Waals surface area (Å²) in [6.07, 6.45) is -0.472. The van der Waals surface area contributed by atoms with Crippen LogP contribution in [0.25, 0.3) is 0 Å². The number of rotatable bonds is 17. The highest BCUT2D eigenvalue weighted by molar-refractivity contribution is 8.76. The van der Waals surface area contributed by atoms with Gasteiger partial charge < -0.3 is 65.1 Å². The second-order valence-electron chi connectivity index (χ2n) is 17.7. The number of nitrogens with two attached hydrogens (primary N) is 4. The molecule has 69 heavy (non-hydrogen) atoms. The third kappa shape index (κ3) is 18.8. The molecule has 1 aromatic rings. The molecule has 0 aliphatic carbocycles. The van der Waals surface area contributed by atoms with Crippen LogP contribution in [-0.4, -0.2) is 143 Å². The predicted molar refractivity (Wildman–Crippen MR) is 257 cm³/mol. The first-order valence-electron chi connectivity index (χ1n) is 22.8. The van der Waals surface area contributed by atoms with Crippen LogP contribution in [0.15, 0.2) is 24.3 Å². The molecule has 2 aliphatic heterocycles. The summed E-state index contributed by atoms with van der Waals surface area (Å²) >= 11 is 0. The second-order valence-corrected chi connectivity index (χ2v) is 20.3. The summed E-state index contributed by atoms with van der Waals surface area (Å²) in [4.78, 5) is 148. The minimum Gasteiger partial charge on any atom is -0.370 e. The van der Waals surface area contributed by atoms with Crippen LogP contribution in [0, 0.1) is 18.8 Å². The molecule has 3 rings (SSSR count). The lowest BCUT2D eigenvalue weighted by atomic mass is 9.96. The maximum atomic E-state index is 14.5. The van der Waals surface area contributed by atoms with Gasteiger partial charge >= 0.3 is 0 Å². The van der Waals surface area contributed by atoms with E-state index in [1.807, 2.05) is 32.9 Å². The van der Waals surface area contributed by atoms with Gasteiger partial charge in [-0.3, -0.25) is 52.7 Å². The molecule has 0 unspecified atom stereocenters. The summed E-state index contributed by atoms with van der Waals surface area (Å²) in [5.41, 5.74) is 24.1. The van der Waals surface area contributed by atoms with E-state index in [4.69, 9.17) is 22.9 Å². The van der Waals surface area contributed by atoms with Crippen molar-refractivity contribution in [3.63, 3.8) is 0 Å². The zero-order valence-electron chi connectivity index (χ0n) is 39.6. The van der Waals surface area contributed by atoms with Gasteiger partial charge in [0.15, 0.2) is 0 Å². The van der Waals surface area contributed by atoms with Gasteiger partial charge in [0.05, 0.1) is 19.0 Å². The van der Waals surface area contributed by atoms with Gasteiger partial charge in [0, 0.05) is 30.9 Å². The third-order valence-electron chi connectivity index (χ3n) is 11.5. The Balaban J connectivity index is 2.05. The first-order chi connectivity index (χ1) is 32.5. The summed E-state index contributed by atoms with van der Waals surface area (Å²) in [6.45, 7) is 8.57. The zero-order valence-corrected chi connectivity index (χ0v) is 41.3. The molecule has 23 nitrogen and oxygen atoms in total. The van der Waals surface area contributed by atoms with Crippen LogP contribution in [0.1, 0.15) is 83.8 Å². The van der Waals surface area contributed by atoms with E-state index in [2.05, 4.69) is 37.2 Å². The number of nitrogens with one attached hydrogen (secondary N) is 7. The molecule has 11 amide bonds. The second kappa shape index (κ2) is 27.9. The van der Waals surface area contributed by atoms with Crippen molar-refractivity contribution >= 4 is 86.6 Å². The number of nitrogens with zero attached hydrogens (tertiary/aromatic N) is 1. The number of likely N-dealkylation sites (tertiary alicyclic amines) is 1. The maximum absolute atomic E-state index is 14.5. The van der Waals surface area contributed by atoms with E-state index >= 15 is 0 Å². The molecule has 9 atom stereocenters. The van der Waals surface area contributed by atoms with Crippen LogP contribution in [0.3, 0.4) is 0 Å². The van der Waals surface area contributed by atoms with Crippen molar-refractivity contribution in [3.8, 4) is 0 Å². The van der Waals surface area contributed by atoms with E-state index in [1.54, 1.807) is 26.0 Å². The molecule has 25 heteroatoms. The topological polar surface area (TPSA) is 379 Å². The summed E-state index contributed by atoms with van der Waals surface area (Å²) < 4.78 is 0. The molecule has 0 radical (unpaired) electrons. The van der Waals surface area contributed by atoms with E-state index < -0.39 is 139 Å². The summed E-state index contributed by atoms with van der Waals surface area (Å²) in [6, 6.07) is -3.42. The molecule has 0 spiro atoms. The van der Waals surface area contributed by atoms with E-state index in [0.29, 0.717) is 18.4 Å². The molecule has 2 heterocycles. The normalized spacial score (nSPS) is 24.3. The molecule has 15 N–H and O–H groups in total. The molecular formula is C44H68N12O11S2. The van der Waals surface area contributed by atoms with E-state index in [9.17, 15) is 52.7 Å². The fourth-order valence-corrected chi connectivity index (χ4v) is 9.71. The van der Waals surface area contributed by atoms with Gasteiger partial charge in [-0.2, -0.15) is 0 Å². The Morgan fingerprint density at radius 3 is 1.99 bits per heavy atom. The molecule has 0 aromatic heterocycles. The van der Waals surface area contributed by atoms with Crippen LogP contribution in [-0.2, 0) is 59.2 Å². The number of benzene rings is 1. The molecule has 0 bridgehead atoms. The molecular weight excluding hydrogens is 937 g/mol. The van der Waals surface area contributed by atoms with Crippen LogP contribution in [0.5, 0.6) is 0 Å². The van der Waals surface area contributed by atoms with Crippen molar-refractivity contribution in [2.24, 2.45) is 34.8 Å². The van der Waals surface area contributed by atoms with E-state index in [1.165, 1.54) is 4.90 Å². The van der Waals surface area contributed by atoms with Gasteiger partial charge in [0.25, 0.3) is 0 Å². The zero-order chi connectivity index (χ0) is 51.5.